The van der Waals surface area contributed by atoms with Crippen molar-refractivity contribution in [2.24, 2.45) is 0 Å². The molecule has 27 heavy (non-hydrogen) atoms. The molecule has 2 fully saturated rings. The summed E-state index contributed by atoms with van der Waals surface area (Å²) < 4.78 is 39.5. The molecule has 0 aliphatic carbocycles. The second-order valence-electron chi connectivity index (χ2n) is 9.44. The van der Waals surface area contributed by atoms with Crippen molar-refractivity contribution in [3.05, 3.63) is 0 Å². The molecule has 2 saturated heterocycles. The van der Waals surface area contributed by atoms with Gasteiger partial charge in [-0.1, -0.05) is 0 Å². The first-order valence-corrected chi connectivity index (χ1v) is 11.0. The van der Waals surface area contributed by atoms with Gasteiger partial charge in [-0.15, -0.1) is 0 Å². The molecule has 0 saturated carbocycles. The quantitative estimate of drug-likeness (QED) is 0.525. The van der Waals surface area contributed by atoms with Crippen LogP contribution in [0.3, 0.4) is 0 Å². The fraction of sp³-hybridized carbons (Fsp3) is 0.889. The zero-order valence-electron chi connectivity index (χ0n) is 17.2. The Morgan fingerprint density at radius 3 is 2.07 bits per heavy atom. The minimum absolute atomic E-state index is 0.0602. The number of hydrogen-bond donors (Lipinski definition) is 0. The summed E-state index contributed by atoms with van der Waals surface area (Å²) in [7, 11) is -3.68. The van der Waals surface area contributed by atoms with Crippen molar-refractivity contribution in [3.8, 4) is 0 Å². The lowest BCUT2D eigenvalue weighted by Crippen LogP contribution is -2.62. The van der Waals surface area contributed by atoms with E-state index in [-0.39, 0.29) is 12.5 Å². The van der Waals surface area contributed by atoms with Crippen LogP contribution in [0.2, 0.25) is 0 Å². The Kier molecular flexibility index (Phi) is 5.62. The normalized spacial score (nSPS) is 28.8. The van der Waals surface area contributed by atoms with Crippen molar-refractivity contribution in [1.29, 1.82) is 0 Å². The van der Waals surface area contributed by atoms with Gasteiger partial charge in [-0.3, -0.25) is 9.08 Å². The zero-order chi connectivity index (χ0) is 20.8. The van der Waals surface area contributed by atoms with E-state index >= 15 is 0 Å². The minimum Gasteiger partial charge on any atom is -0.458 e. The first-order valence-electron chi connectivity index (χ1n) is 9.16. The van der Waals surface area contributed by atoms with Crippen LogP contribution in [0.5, 0.6) is 0 Å². The minimum atomic E-state index is -3.68. The number of amides is 1. The van der Waals surface area contributed by atoms with E-state index in [1.165, 1.54) is 4.90 Å². The van der Waals surface area contributed by atoms with Crippen LogP contribution in [0.25, 0.3) is 0 Å². The topological polar surface area (TPSA) is 99.2 Å². The maximum Gasteiger partial charge on any atom is 0.411 e. The Bertz CT molecular complexity index is 704. The number of piperidine rings is 1. The number of fused-ring (bicyclic) bond motifs is 2. The third kappa shape index (κ3) is 5.34. The van der Waals surface area contributed by atoms with Gasteiger partial charge in [0.1, 0.15) is 16.7 Å². The van der Waals surface area contributed by atoms with E-state index in [4.69, 9.17) is 13.7 Å². The molecule has 0 aromatic carbocycles. The van der Waals surface area contributed by atoms with Crippen LogP contribution in [0.15, 0.2) is 0 Å². The molecule has 156 valence electrons. The van der Waals surface area contributed by atoms with Crippen molar-refractivity contribution in [2.75, 3.05) is 6.26 Å². The summed E-state index contributed by atoms with van der Waals surface area (Å²) in [6.45, 7) is 10.5. The molecular weight excluding hydrogens is 374 g/mol. The fourth-order valence-corrected chi connectivity index (χ4v) is 4.44. The third-order valence-electron chi connectivity index (χ3n) is 4.50. The van der Waals surface area contributed by atoms with E-state index in [9.17, 15) is 18.0 Å². The number of carbonyl (C=O) groups excluding carboxylic acids is 2. The Morgan fingerprint density at radius 1 is 1.04 bits per heavy atom. The smallest absolute Gasteiger partial charge is 0.411 e. The van der Waals surface area contributed by atoms with Crippen molar-refractivity contribution in [2.45, 2.75) is 96.1 Å². The lowest BCUT2D eigenvalue weighted by Gasteiger charge is -2.46. The van der Waals surface area contributed by atoms with Crippen LogP contribution in [-0.2, 0) is 28.6 Å². The van der Waals surface area contributed by atoms with Gasteiger partial charge in [-0.05, 0) is 60.8 Å². The van der Waals surface area contributed by atoms with Gasteiger partial charge in [0.05, 0.1) is 12.4 Å². The lowest BCUT2D eigenvalue weighted by molar-refractivity contribution is -0.173. The number of rotatable bonds is 3. The van der Waals surface area contributed by atoms with E-state index in [0.717, 1.165) is 6.26 Å². The molecule has 2 aliphatic heterocycles. The van der Waals surface area contributed by atoms with Gasteiger partial charge in [-0.2, -0.15) is 8.42 Å². The highest BCUT2D eigenvalue weighted by atomic mass is 32.2. The molecule has 3 unspecified atom stereocenters. The number of esters is 1. The van der Waals surface area contributed by atoms with Crippen LogP contribution in [0.4, 0.5) is 4.79 Å². The number of ether oxygens (including phenoxy) is 2. The van der Waals surface area contributed by atoms with Crippen LogP contribution < -0.4 is 0 Å². The van der Waals surface area contributed by atoms with Gasteiger partial charge in [0.2, 0.25) is 0 Å². The summed E-state index contributed by atoms with van der Waals surface area (Å²) >= 11 is 0. The monoisotopic (exact) mass is 405 g/mol. The van der Waals surface area contributed by atoms with E-state index in [0.29, 0.717) is 19.3 Å². The molecule has 0 N–H and O–H groups in total. The average Bonchev–Trinajstić information content (AvgIpc) is 2.63. The summed E-state index contributed by atoms with van der Waals surface area (Å²) in [6.07, 6.45) is 1.04. The van der Waals surface area contributed by atoms with E-state index in [2.05, 4.69) is 0 Å². The van der Waals surface area contributed by atoms with Crippen LogP contribution in [-0.4, -0.2) is 60.5 Å². The highest BCUT2D eigenvalue weighted by Crippen LogP contribution is 2.47. The fourth-order valence-electron chi connectivity index (χ4n) is 3.80. The number of nitrogens with zero attached hydrogens (tertiary/aromatic N) is 1. The van der Waals surface area contributed by atoms with Crippen LogP contribution in [0, 0.1) is 0 Å². The third-order valence-corrected chi connectivity index (χ3v) is 5.12. The van der Waals surface area contributed by atoms with E-state index in [1.807, 2.05) is 0 Å². The van der Waals surface area contributed by atoms with Gasteiger partial charge in [-0.25, -0.2) is 9.59 Å². The van der Waals surface area contributed by atoms with Crippen molar-refractivity contribution in [3.63, 3.8) is 0 Å². The average molecular weight is 406 g/mol. The van der Waals surface area contributed by atoms with Crippen LogP contribution in [0.1, 0.15) is 67.2 Å². The first-order chi connectivity index (χ1) is 12.0. The number of hydrogen-bond acceptors (Lipinski definition) is 7. The molecule has 3 atom stereocenters. The Balaban J connectivity index is 2.38. The zero-order valence-corrected chi connectivity index (χ0v) is 18.0. The number of carbonyl (C=O) groups is 2. The second-order valence-corrected chi connectivity index (χ2v) is 11.0. The largest absolute Gasteiger partial charge is 0.458 e. The Morgan fingerprint density at radius 2 is 1.59 bits per heavy atom. The maximum absolute atomic E-state index is 13.1. The molecule has 2 rings (SSSR count). The summed E-state index contributed by atoms with van der Waals surface area (Å²) in [5.41, 5.74) is -2.74. The molecule has 2 heterocycles. The predicted molar refractivity (Wildman–Crippen MR) is 98.6 cm³/mol. The highest BCUT2D eigenvalue weighted by Gasteiger charge is 2.61. The molecule has 8 nitrogen and oxygen atoms in total. The van der Waals surface area contributed by atoms with Crippen molar-refractivity contribution < 1.29 is 31.7 Å². The molecule has 0 aromatic heterocycles. The van der Waals surface area contributed by atoms with E-state index in [1.54, 1.807) is 41.5 Å². The Hall–Kier alpha value is -1.35. The molecular formula is C18H31NO7S. The molecule has 0 aromatic rings. The summed E-state index contributed by atoms with van der Waals surface area (Å²) in [6, 6.07) is -0.340. The highest BCUT2D eigenvalue weighted by molar-refractivity contribution is 7.86. The summed E-state index contributed by atoms with van der Waals surface area (Å²) in [5, 5.41) is 0. The summed E-state index contributed by atoms with van der Waals surface area (Å²) in [4.78, 5) is 27.4. The van der Waals surface area contributed by atoms with Gasteiger partial charge in [0.15, 0.2) is 0 Å². The molecule has 2 bridgehead atoms. The van der Waals surface area contributed by atoms with Crippen molar-refractivity contribution >= 4 is 22.2 Å². The van der Waals surface area contributed by atoms with Crippen molar-refractivity contribution in [1.82, 2.24) is 4.90 Å². The van der Waals surface area contributed by atoms with Crippen LogP contribution >= 0.6 is 0 Å². The van der Waals surface area contributed by atoms with Gasteiger partial charge in [0, 0.05) is 12.5 Å². The summed E-state index contributed by atoms with van der Waals surface area (Å²) in [5.74, 6) is -0.551. The molecule has 9 heteroatoms. The SMILES string of the molecule is CC(C)(C)OC(=O)N1C2CCC1(C(=O)OC(C)(C)C)CC(OS(C)(=O)=O)C2. The van der Waals surface area contributed by atoms with Gasteiger partial charge in [0.25, 0.3) is 10.1 Å². The van der Waals surface area contributed by atoms with Gasteiger partial charge >= 0.3 is 12.1 Å². The standard InChI is InChI=1S/C18H31NO7S/c1-16(2,3)24-14(20)18-9-8-12(10-13(11-18)26-27(7,22)23)19(18)15(21)25-17(4,5)6/h12-13H,8-11H2,1-7H3. The first kappa shape index (κ1) is 21.9. The lowest BCUT2D eigenvalue weighted by atomic mass is 9.86. The predicted octanol–water partition coefficient (Wildman–Crippen LogP) is 2.61. The molecule has 0 radical (unpaired) electrons. The maximum atomic E-state index is 13.1. The van der Waals surface area contributed by atoms with E-state index < -0.39 is 45.0 Å². The van der Waals surface area contributed by atoms with Gasteiger partial charge < -0.3 is 9.47 Å². The second kappa shape index (κ2) is 6.92. The Labute approximate surface area is 161 Å². The molecule has 1 amide bonds. The molecule has 0 spiro atoms. The molecule has 2 aliphatic rings.